The number of aryl methyl sites for hydroxylation is 1. The molecule has 25 heavy (non-hydrogen) atoms. The van der Waals surface area contributed by atoms with E-state index in [1.807, 2.05) is 61.5 Å². The fourth-order valence-electron chi connectivity index (χ4n) is 2.60. The number of nitrogens with zero attached hydrogens (tertiary/aromatic N) is 3. The van der Waals surface area contributed by atoms with Gasteiger partial charge in [0.25, 0.3) is 0 Å². The number of rotatable bonds is 5. The average molecular weight is 331 g/mol. The van der Waals surface area contributed by atoms with E-state index < -0.39 is 0 Å². The molecule has 0 amide bonds. The molecule has 0 aliphatic carbocycles. The molecule has 0 fully saturated rings. The second kappa shape index (κ2) is 6.60. The van der Waals surface area contributed by atoms with E-state index in [-0.39, 0.29) is 0 Å². The van der Waals surface area contributed by atoms with E-state index in [0.29, 0.717) is 12.4 Å². The van der Waals surface area contributed by atoms with Gasteiger partial charge in [0, 0.05) is 5.69 Å². The molecule has 0 saturated carbocycles. The number of hydrogen-bond donors (Lipinski definition) is 2. The van der Waals surface area contributed by atoms with Crippen LogP contribution < -0.4 is 10.1 Å². The number of hydrogen-bond acceptors (Lipinski definition) is 5. The first kappa shape index (κ1) is 15.1. The third kappa shape index (κ3) is 3.28. The molecule has 0 aliphatic heterocycles. The van der Waals surface area contributed by atoms with E-state index in [1.54, 1.807) is 0 Å². The minimum Gasteiger partial charge on any atom is -0.489 e. The maximum Gasteiger partial charge on any atom is 0.162 e. The average Bonchev–Trinajstić information content (AvgIpc) is 3.04. The van der Waals surface area contributed by atoms with Crippen LogP contribution in [0.15, 0.2) is 60.9 Å². The summed E-state index contributed by atoms with van der Waals surface area (Å²) >= 11 is 0. The normalized spacial score (nSPS) is 10.8. The zero-order chi connectivity index (χ0) is 17.1. The third-order valence-corrected chi connectivity index (χ3v) is 3.85. The van der Waals surface area contributed by atoms with Gasteiger partial charge in [-0.3, -0.25) is 5.10 Å². The van der Waals surface area contributed by atoms with Crippen molar-refractivity contribution < 1.29 is 4.74 Å². The van der Waals surface area contributed by atoms with Gasteiger partial charge in [0.1, 0.15) is 24.2 Å². The topological polar surface area (TPSA) is 75.7 Å². The Hall–Kier alpha value is -3.41. The Morgan fingerprint density at radius 3 is 2.76 bits per heavy atom. The lowest BCUT2D eigenvalue weighted by molar-refractivity contribution is 0.306. The number of fused-ring (bicyclic) bond motifs is 1. The van der Waals surface area contributed by atoms with Gasteiger partial charge in [-0.05, 0) is 36.8 Å². The second-order valence-electron chi connectivity index (χ2n) is 5.70. The van der Waals surface area contributed by atoms with E-state index >= 15 is 0 Å². The van der Waals surface area contributed by atoms with Crippen LogP contribution in [0.5, 0.6) is 5.75 Å². The number of aromatic amines is 1. The van der Waals surface area contributed by atoms with Gasteiger partial charge in [-0.2, -0.15) is 5.10 Å². The van der Waals surface area contributed by atoms with Crippen LogP contribution in [0.25, 0.3) is 11.0 Å². The molecule has 6 nitrogen and oxygen atoms in total. The fraction of sp³-hybridized carbons (Fsp3) is 0.105. The van der Waals surface area contributed by atoms with Crippen LogP contribution in [0.1, 0.15) is 11.3 Å². The molecule has 6 heteroatoms. The van der Waals surface area contributed by atoms with Crippen LogP contribution in [0.2, 0.25) is 0 Å². The maximum atomic E-state index is 5.80. The molecule has 0 saturated heterocycles. The van der Waals surface area contributed by atoms with Crippen LogP contribution in [0.4, 0.5) is 11.5 Å². The molecule has 0 unspecified atom stereocenters. The molecule has 0 aliphatic rings. The van der Waals surface area contributed by atoms with Crippen LogP contribution >= 0.6 is 0 Å². The molecule has 0 radical (unpaired) electrons. The van der Waals surface area contributed by atoms with Crippen molar-refractivity contribution in [2.75, 3.05) is 5.32 Å². The van der Waals surface area contributed by atoms with Crippen molar-refractivity contribution in [3.63, 3.8) is 0 Å². The first-order valence-electron chi connectivity index (χ1n) is 7.99. The molecule has 2 N–H and O–H groups in total. The molecule has 4 aromatic rings. The van der Waals surface area contributed by atoms with E-state index in [2.05, 4.69) is 25.5 Å². The number of ether oxygens (including phenoxy) is 1. The summed E-state index contributed by atoms with van der Waals surface area (Å²) in [4.78, 5) is 8.56. The lowest BCUT2D eigenvalue weighted by Gasteiger charge is -2.09. The summed E-state index contributed by atoms with van der Waals surface area (Å²) in [6.45, 7) is 2.44. The van der Waals surface area contributed by atoms with Gasteiger partial charge in [-0.1, -0.05) is 30.3 Å². The predicted molar refractivity (Wildman–Crippen MR) is 96.9 cm³/mol. The van der Waals surface area contributed by atoms with E-state index in [1.165, 1.54) is 6.33 Å². The first-order chi connectivity index (χ1) is 12.3. The summed E-state index contributed by atoms with van der Waals surface area (Å²) in [5.41, 5.74) is 4.46. The minimum atomic E-state index is 0.500. The lowest BCUT2D eigenvalue weighted by Crippen LogP contribution is -1.99. The largest absolute Gasteiger partial charge is 0.489 e. The predicted octanol–water partition coefficient (Wildman–Crippen LogP) is 3.98. The number of anilines is 2. The van der Waals surface area contributed by atoms with Gasteiger partial charge in [0.2, 0.25) is 0 Å². The molecule has 124 valence electrons. The molecule has 0 bridgehead atoms. The van der Waals surface area contributed by atoms with Crippen LogP contribution in [0, 0.1) is 6.92 Å². The van der Waals surface area contributed by atoms with E-state index in [0.717, 1.165) is 33.7 Å². The van der Waals surface area contributed by atoms with Crippen LogP contribution in [-0.2, 0) is 6.61 Å². The SMILES string of the molecule is Cc1[nH]nc2c(Nc3cccc(COc4ccccc4)c3)ncnc12. The van der Waals surface area contributed by atoms with Crippen LogP contribution in [-0.4, -0.2) is 20.2 Å². The molecule has 2 aromatic heterocycles. The maximum absolute atomic E-state index is 5.80. The molecule has 2 aromatic carbocycles. The number of aromatic nitrogens is 4. The Morgan fingerprint density at radius 2 is 1.88 bits per heavy atom. The Labute approximate surface area is 144 Å². The monoisotopic (exact) mass is 331 g/mol. The quantitative estimate of drug-likeness (QED) is 0.578. The molecule has 4 rings (SSSR count). The van der Waals surface area contributed by atoms with Gasteiger partial charge in [-0.25, -0.2) is 9.97 Å². The zero-order valence-corrected chi connectivity index (χ0v) is 13.7. The number of benzene rings is 2. The smallest absolute Gasteiger partial charge is 0.162 e. The van der Waals surface area contributed by atoms with Gasteiger partial charge in [0.05, 0.1) is 5.69 Å². The zero-order valence-electron chi connectivity index (χ0n) is 13.7. The van der Waals surface area contributed by atoms with Gasteiger partial charge in [0.15, 0.2) is 11.3 Å². The molecular formula is C19H17N5O. The number of para-hydroxylation sites is 1. The van der Waals surface area contributed by atoms with Crippen molar-refractivity contribution in [3.05, 3.63) is 72.2 Å². The highest BCUT2D eigenvalue weighted by Crippen LogP contribution is 2.23. The highest BCUT2D eigenvalue weighted by Gasteiger charge is 2.09. The third-order valence-electron chi connectivity index (χ3n) is 3.85. The number of H-pyrrole nitrogens is 1. The first-order valence-corrected chi connectivity index (χ1v) is 7.99. The Bertz CT molecular complexity index is 997. The van der Waals surface area contributed by atoms with Crippen LogP contribution in [0.3, 0.4) is 0 Å². The van der Waals surface area contributed by atoms with Crippen molar-refractivity contribution in [1.82, 2.24) is 20.2 Å². The Kier molecular flexibility index (Phi) is 4.00. The van der Waals surface area contributed by atoms with Gasteiger partial charge < -0.3 is 10.1 Å². The summed E-state index contributed by atoms with van der Waals surface area (Å²) in [6.07, 6.45) is 1.54. The van der Waals surface area contributed by atoms with E-state index in [9.17, 15) is 0 Å². The molecule has 0 atom stereocenters. The Morgan fingerprint density at radius 1 is 1.00 bits per heavy atom. The molecule has 2 heterocycles. The summed E-state index contributed by atoms with van der Waals surface area (Å²) < 4.78 is 5.80. The summed E-state index contributed by atoms with van der Waals surface area (Å²) in [7, 11) is 0. The molecular weight excluding hydrogens is 314 g/mol. The van der Waals surface area contributed by atoms with Crippen molar-refractivity contribution in [3.8, 4) is 5.75 Å². The highest BCUT2D eigenvalue weighted by molar-refractivity contribution is 5.88. The van der Waals surface area contributed by atoms with Crippen molar-refractivity contribution in [2.24, 2.45) is 0 Å². The van der Waals surface area contributed by atoms with E-state index in [4.69, 9.17) is 4.74 Å². The molecule has 0 spiro atoms. The lowest BCUT2D eigenvalue weighted by atomic mass is 10.2. The standard InChI is InChI=1S/C19H17N5O/c1-13-17-18(24-23-13)19(21-12-20-17)22-15-7-5-6-14(10-15)11-25-16-8-3-2-4-9-16/h2-10,12H,11H2,1H3,(H,23,24)(H,20,21,22). The summed E-state index contributed by atoms with van der Waals surface area (Å²) in [6, 6.07) is 17.8. The highest BCUT2D eigenvalue weighted by atomic mass is 16.5. The second-order valence-corrected chi connectivity index (χ2v) is 5.70. The minimum absolute atomic E-state index is 0.500. The fourth-order valence-corrected chi connectivity index (χ4v) is 2.60. The Balaban J connectivity index is 1.53. The van der Waals surface area contributed by atoms with Gasteiger partial charge in [-0.15, -0.1) is 0 Å². The van der Waals surface area contributed by atoms with Crippen molar-refractivity contribution in [2.45, 2.75) is 13.5 Å². The van der Waals surface area contributed by atoms with Crippen molar-refractivity contribution >= 4 is 22.5 Å². The number of nitrogens with one attached hydrogen (secondary N) is 2. The van der Waals surface area contributed by atoms with Crippen molar-refractivity contribution in [1.29, 1.82) is 0 Å². The summed E-state index contributed by atoms with van der Waals surface area (Å²) in [5, 5.41) is 10.5. The van der Waals surface area contributed by atoms with Gasteiger partial charge >= 0.3 is 0 Å². The summed E-state index contributed by atoms with van der Waals surface area (Å²) in [5.74, 6) is 1.53.